The lowest BCUT2D eigenvalue weighted by atomic mass is 9.66. The summed E-state index contributed by atoms with van der Waals surface area (Å²) in [7, 11) is 0. The summed E-state index contributed by atoms with van der Waals surface area (Å²) < 4.78 is 26.7. The predicted octanol–water partition coefficient (Wildman–Crippen LogP) is 34.9. The van der Waals surface area contributed by atoms with Crippen LogP contribution < -0.4 is 28.7 Å². The Kier molecular flexibility index (Phi) is 18.0. The minimum atomic E-state index is -0.603. The quantitative estimate of drug-likeness (QED) is 0.136. The minimum absolute atomic E-state index is 0.536. The second-order valence-corrected chi connectivity index (χ2v) is 38.0. The maximum Gasteiger partial charge on any atom is 0.132 e. The van der Waals surface area contributed by atoms with E-state index in [1.165, 1.54) is 122 Å². The van der Waals surface area contributed by atoms with E-state index in [2.05, 4.69) is 532 Å². The topological polar surface area (TPSA) is 43.4 Å². The largest absolute Gasteiger partial charge is 0.457 e. The monoisotopic (exact) mass is 1810 g/mol. The standard InChI is InChI=1S/2C68H43NO2/c1-2-19-44(20-3-1)48-21-6-13-32-61(48)69(47-41-42-51-50-22-4-7-25-53(50)68(60(51)43-47)57-29-11-16-35-64(57)71-65-36-17-12-30-58(65)68)46-39-37-45(38-40-46)49-24-18-31-59-66(49)52-23-5-8-26-54(52)67(59)55-27-9-14-33-62(55)70-63-34-15-10-28-56(63)67;1-2-17-44(18-3-1)45-33-37-47(38-34-45)69(49-41-42-52-51-19-4-6-22-54(51)68(61(52)43-49)58-26-10-14-31-64(58)71-65-32-15-11-27-59(65)68)48-39-35-46(36-40-48)50-21-16-28-60-66(50)53-20-5-7-23-55(53)67(60)56-24-8-12-29-62(56)70-63-30-13-9-25-57(63)67/h2*1-43H. The average Bonchev–Trinajstić information content (AvgIpc) is 1.53. The van der Waals surface area contributed by atoms with Gasteiger partial charge in [0.1, 0.15) is 46.0 Å². The van der Waals surface area contributed by atoms with Gasteiger partial charge in [-0.2, -0.15) is 0 Å². The van der Waals surface area contributed by atoms with Crippen molar-refractivity contribution >= 4 is 34.1 Å². The number of rotatable bonds is 10. The highest BCUT2D eigenvalue weighted by atomic mass is 16.5. The molecule has 0 atom stereocenters. The predicted molar refractivity (Wildman–Crippen MR) is 574 cm³/mol. The van der Waals surface area contributed by atoms with Gasteiger partial charge in [0.15, 0.2) is 0 Å². The first-order valence-electron chi connectivity index (χ1n) is 49.0. The number of fused-ring (bicyclic) bond motifs is 36. The second-order valence-electron chi connectivity index (χ2n) is 38.0. The number of para-hydroxylation sites is 9. The van der Waals surface area contributed by atoms with Gasteiger partial charge in [-0.15, -0.1) is 0 Å². The Morgan fingerprint density at radius 3 is 0.697 bits per heavy atom. The molecule has 22 aromatic rings. The Hall–Kier alpha value is -18.4. The molecule has 0 fully saturated rings. The van der Waals surface area contributed by atoms with Crippen LogP contribution in [0.1, 0.15) is 89.0 Å². The molecule has 6 nitrogen and oxygen atoms in total. The summed E-state index contributed by atoms with van der Waals surface area (Å²) in [6.07, 6.45) is 0. The van der Waals surface area contributed by atoms with Crippen molar-refractivity contribution in [3.05, 3.63) is 611 Å². The van der Waals surface area contributed by atoms with Crippen molar-refractivity contribution in [2.45, 2.75) is 21.7 Å². The average molecular weight is 1810 g/mol. The molecule has 0 bridgehead atoms. The number of hydrogen-bond acceptors (Lipinski definition) is 6. The lowest BCUT2D eigenvalue weighted by molar-refractivity contribution is 0.436. The van der Waals surface area contributed by atoms with E-state index in [1.807, 2.05) is 0 Å². The van der Waals surface area contributed by atoms with Crippen LogP contribution in [0.5, 0.6) is 46.0 Å². The van der Waals surface area contributed by atoms with Crippen molar-refractivity contribution in [3.63, 3.8) is 0 Å². The molecule has 4 spiro atoms. The summed E-state index contributed by atoms with van der Waals surface area (Å²) in [4.78, 5) is 4.87. The van der Waals surface area contributed by atoms with Crippen LogP contribution in [0.3, 0.4) is 0 Å². The molecule has 6 heteroatoms. The van der Waals surface area contributed by atoms with E-state index in [4.69, 9.17) is 18.9 Å². The molecule has 22 aromatic carbocycles. The number of ether oxygens (including phenoxy) is 4. The van der Waals surface area contributed by atoms with Crippen molar-refractivity contribution in [1.29, 1.82) is 0 Å². The van der Waals surface area contributed by atoms with Gasteiger partial charge in [-0.1, -0.05) is 406 Å². The Morgan fingerprint density at radius 1 is 0.127 bits per heavy atom. The van der Waals surface area contributed by atoms with Crippen molar-refractivity contribution < 1.29 is 18.9 Å². The maximum absolute atomic E-state index is 6.72. The van der Waals surface area contributed by atoms with Crippen LogP contribution in [0.15, 0.2) is 522 Å². The van der Waals surface area contributed by atoms with Gasteiger partial charge >= 0.3 is 0 Å². The van der Waals surface area contributed by atoms with E-state index in [1.54, 1.807) is 0 Å². The van der Waals surface area contributed by atoms with Crippen LogP contribution in [-0.2, 0) is 21.7 Å². The zero-order chi connectivity index (χ0) is 93.4. The zero-order valence-corrected chi connectivity index (χ0v) is 77.2. The molecule has 4 aliphatic heterocycles. The van der Waals surface area contributed by atoms with Crippen LogP contribution in [0, 0.1) is 0 Å². The fourth-order valence-corrected chi connectivity index (χ4v) is 25.7. The summed E-state index contributed by atoms with van der Waals surface area (Å²) in [6, 6.07) is 190. The third-order valence-corrected chi connectivity index (χ3v) is 31.3. The van der Waals surface area contributed by atoms with Crippen molar-refractivity contribution in [2.24, 2.45) is 0 Å². The van der Waals surface area contributed by atoms with Gasteiger partial charge in [-0.25, -0.2) is 0 Å². The molecular formula is C136H86N2O4. The zero-order valence-electron chi connectivity index (χ0n) is 77.2. The Morgan fingerprint density at radius 2 is 0.345 bits per heavy atom. The molecule has 142 heavy (non-hydrogen) atoms. The van der Waals surface area contributed by atoms with E-state index in [-0.39, 0.29) is 0 Å². The summed E-state index contributed by atoms with van der Waals surface area (Å²) in [6.45, 7) is 0. The highest BCUT2D eigenvalue weighted by Gasteiger charge is 2.57. The lowest BCUT2D eigenvalue weighted by Crippen LogP contribution is -2.32. The second kappa shape index (κ2) is 31.6. The van der Waals surface area contributed by atoms with E-state index >= 15 is 0 Å². The highest BCUT2D eigenvalue weighted by Crippen LogP contribution is 2.69. The van der Waals surface area contributed by atoms with Crippen LogP contribution in [0.2, 0.25) is 0 Å². The maximum atomic E-state index is 6.72. The first kappa shape index (κ1) is 80.9. The third-order valence-electron chi connectivity index (χ3n) is 31.3. The van der Waals surface area contributed by atoms with E-state index in [9.17, 15) is 0 Å². The van der Waals surface area contributed by atoms with Crippen LogP contribution in [0.4, 0.5) is 34.1 Å². The van der Waals surface area contributed by atoms with Gasteiger partial charge in [-0.3, -0.25) is 0 Å². The number of benzene rings is 22. The molecule has 664 valence electrons. The molecule has 0 unspecified atom stereocenters. The molecule has 4 heterocycles. The van der Waals surface area contributed by atoms with Crippen LogP contribution in [0.25, 0.3) is 89.0 Å². The fourth-order valence-electron chi connectivity index (χ4n) is 25.7. The van der Waals surface area contributed by atoms with Gasteiger partial charge in [-0.05, 0) is 243 Å². The molecule has 0 aromatic heterocycles. The highest BCUT2D eigenvalue weighted by molar-refractivity contribution is 6.02. The molecule has 0 radical (unpaired) electrons. The summed E-state index contributed by atoms with van der Waals surface area (Å²) in [5.41, 5.74) is 42.9. The first-order chi connectivity index (χ1) is 70.4. The fraction of sp³-hybridized carbons (Fsp3) is 0.0294. The van der Waals surface area contributed by atoms with E-state index < -0.39 is 21.7 Å². The molecule has 8 aliphatic rings. The first-order valence-corrected chi connectivity index (χ1v) is 49.0. The van der Waals surface area contributed by atoms with Gasteiger partial charge in [0.2, 0.25) is 0 Å². The molecule has 4 aliphatic carbocycles. The van der Waals surface area contributed by atoms with Crippen LogP contribution >= 0.6 is 0 Å². The molecule has 0 N–H and O–H groups in total. The summed E-state index contributed by atoms with van der Waals surface area (Å²) >= 11 is 0. The number of anilines is 6. The molecule has 0 saturated heterocycles. The molecule has 30 rings (SSSR count). The molecular weight excluding hydrogens is 1730 g/mol. The smallest absolute Gasteiger partial charge is 0.132 e. The third kappa shape index (κ3) is 11.5. The van der Waals surface area contributed by atoms with Crippen molar-refractivity contribution in [2.75, 3.05) is 9.80 Å². The lowest BCUT2D eigenvalue weighted by Gasteiger charge is -2.39. The van der Waals surface area contributed by atoms with E-state index in [0.717, 1.165) is 136 Å². The summed E-state index contributed by atoms with van der Waals surface area (Å²) in [5.74, 6) is 7.11. The Balaban J connectivity index is 0.000000136. The van der Waals surface area contributed by atoms with Crippen LogP contribution in [-0.4, -0.2) is 0 Å². The number of hydrogen-bond donors (Lipinski definition) is 0. The molecule has 0 saturated carbocycles. The van der Waals surface area contributed by atoms with Gasteiger partial charge in [0, 0.05) is 78.5 Å². The number of nitrogens with zero attached hydrogens (tertiary/aromatic N) is 2. The minimum Gasteiger partial charge on any atom is -0.457 e. The Bertz CT molecular complexity index is 8760. The normalized spacial score (nSPS) is 14.1. The van der Waals surface area contributed by atoms with Gasteiger partial charge < -0.3 is 28.7 Å². The summed E-state index contributed by atoms with van der Waals surface area (Å²) in [5, 5.41) is 0. The van der Waals surface area contributed by atoms with Crippen molar-refractivity contribution in [1.82, 2.24) is 0 Å². The SMILES string of the molecule is c1ccc(-c2ccc(N(c3ccc(-c4cccc5c4-c4ccccc4C54c5ccccc5Oc5ccccc54)cc3)c3ccc4c(c3)C3(c5ccccc5Oc5ccccc53)c3ccccc3-4)cc2)cc1.c1ccc(-c2ccccc2N(c2ccc(-c3cccc4c3-c3ccccc3C43c4ccccc4Oc4ccccc43)cc2)c2ccc3c(c2)C2(c4ccccc4Oc4ccccc42)c2ccccc2-3)cc1. The van der Waals surface area contributed by atoms with Gasteiger partial charge in [0.05, 0.1) is 27.3 Å². The van der Waals surface area contributed by atoms with Crippen molar-refractivity contribution in [3.8, 4) is 135 Å². The Labute approximate surface area is 824 Å². The van der Waals surface area contributed by atoms with Gasteiger partial charge in [0.25, 0.3) is 0 Å². The molecule has 0 amide bonds. The van der Waals surface area contributed by atoms with E-state index in [0.29, 0.717) is 0 Å².